The zero-order chi connectivity index (χ0) is 28.3. The van der Waals surface area contributed by atoms with Crippen LogP contribution >= 0.6 is 23.2 Å². The second-order valence-electron chi connectivity index (χ2n) is 10.1. The number of carbonyl (C=O) groups is 2. The summed E-state index contributed by atoms with van der Waals surface area (Å²) < 4.78 is 11.0. The van der Waals surface area contributed by atoms with Crippen LogP contribution in [0.2, 0.25) is 10.0 Å². The van der Waals surface area contributed by atoms with E-state index >= 15 is 0 Å². The van der Waals surface area contributed by atoms with Crippen molar-refractivity contribution in [1.29, 1.82) is 0 Å². The number of nitrogens with zero attached hydrogens (tertiary/aromatic N) is 1. The standard InChI is InChI=1S/C32H36Cl2N2O4/c1-39-26-14-16-27(17-15-26)40-19-7-12-31(37)36(22-24-13-18-28(33)29(34)20-24)30(21-23-8-3-2-4-9-23)32(38)35-25-10-5-6-11-25/h2-4,8-9,13-18,20,25,30H,5-7,10-12,19,21-22H2,1H3,(H,35,38). The Morgan fingerprint density at radius 2 is 1.62 bits per heavy atom. The molecule has 0 aromatic heterocycles. The zero-order valence-electron chi connectivity index (χ0n) is 22.8. The Labute approximate surface area is 246 Å². The van der Waals surface area contributed by atoms with Crippen molar-refractivity contribution in [2.45, 2.75) is 63.6 Å². The molecule has 0 aliphatic heterocycles. The van der Waals surface area contributed by atoms with Gasteiger partial charge in [0.05, 0.1) is 23.8 Å². The minimum atomic E-state index is -0.674. The molecule has 1 unspecified atom stereocenters. The molecule has 0 saturated heterocycles. The molecule has 2 amide bonds. The van der Waals surface area contributed by atoms with Crippen molar-refractivity contribution in [3.63, 3.8) is 0 Å². The summed E-state index contributed by atoms with van der Waals surface area (Å²) >= 11 is 12.5. The number of rotatable bonds is 13. The van der Waals surface area contributed by atoms with Gasteiger partial charge in [-0.1, -0.05) is 72.4 Å². The van der Waals surface area contributed by atoms with Crippen LogP contribution in [0.5, 0.6) is 11.5 Å². The molecule has 1 atom stereocenters. The molecular weight excluding hydrogens is 547 g/mol. The quantitative estimate of drug-likeness (QED) is 0.223. The van der Waals surface area contributed by atoms with E-state index < -0.39 is 6.04 Å². The van der Waals surface area contributed by atoms with Crippen LogP contribution in [-0.4, -0.2) is 42.5 Å². The molecule has 0 bridgehead atoms. The van der Waals surface area contributed by atoms with E-state index in [9.17, 15) is 9.59 Å². The second-order valence-corrected chi connectivity index (χ2v) is 10.9. The van der Waals surface area contributed by atoms with Gasteiger partial charge in [0.25, 0.3) is 0 Å². The smallest absolute Gasteiger partial charge is 0.243 e. The fraction of sp³-hybridized carbons (Fsp3) is 0.375. The summed E-state index contributed by atoms with van der Waals surface area (Å²) in [4.78, 5) is 29.2. The summed E-state index contributed by atoms with van der Waals surface area (Å²) in [6.07, 6.45) is 5.29. The third kappa shape index (κ3) is 8.64. The number of methoxy groups -OCH3 is 1. The van der Waals surface area contributed by atoms with Crippen LogP contribution in [0.1, 0.15) is 49.7 Å². The van der Waals surface area contributed by atoms with Gasteiger partial charge in [0.1, 0.15) is 17.5 Å². The number of amides is 2. The molecule has 6 nitrogen and oxygen atoms in total. The number of hydrogen-bond donors (Lipinski definition) is 1. The van der Waals surface area contributed by atoms with E-state index in [2.05, 4.69) is 5.32 Å². The van der Waals surface area contributed by atoms with Gasteiger partial charge < -0.3 is 19.7 Å². The lowest BCUT2D eigenvalue weighted by Gasteiger charge is -2.32. The van der Waals surface area contributed by atoms with Gasteiger partial charge in [0, 0.05) is 25.4 Å². The Bertz CT molecular complexity index is 1250. The topological polar surface area (TPSA) is 67.9 Å². The van der Waals surface area contributed by atoms with E-state index in [1.165, 1.54) is 0 Å². The SMILES string of the molecule is COc1ccc(OCCCC(=O)N(Cc2ccc(Cl)c(Cl)c2)C(Cc2ccccc2)C(=O)NC2CCCC2)cc1. The maximum Gasteiger partial charge on any atom is 0.243 e. The summed E-state index contributed by atoms with van der Waals surface area (Å²) in [5.41, 5.74) is 1.80. The average molecular weight is 584 g/mol. The fourth-order valence-corrected chi connectivity index (χ4v) is 5.31. The Morgan fingerprint density at radius 1 is 0.925 bits per heavy atom. The molecular formula is C32H36Cl2N2O4. The lowest BCUT2D eigenvalue weighted by molar-refractivity contribution is -0.141. The highest BCUT2D eigenvalue weighted by Gasteiger charge is 2.32. The third-order valence-corrected chi connectivity index (χ3v) is 7.91. The molecule has 0 radical (unpaired) electrons. The first kappa shape index (κ1) is 29.8. The van der Waals surface area contributed by atoms with E-state index in [4.69, 9.17) is 32.7 Å². The molecule has 1 fully saturated rings. The van der Waals surface area contributed by atoms with Crippen LogP contribution < -0.4 is 14.8 Å². The first-order valence-electron chi connectivity index (χ1n) is 13.8. The number of nitrogens with one attached hydrogen (secondary N) is 1. The van der Waals surface area contributed by atoms with Gasteiger partial charge in [-0.2, -0.15) is 0 Å². The molecule has 3 aromatic carbocycles. The van der Waals surface area contributed by atoms with Crippen LogP contribution in [0.25, 0.3) is 0 Å². The van der Waals surface area contributed by atoms with Crippen molar-refractivity contribution in [3.8, 4) is 11.5 Å². The largest absolute Gasteiger partial charge is 0.497 e. The Balaban J connectivity index is 1.51. The van der Waals surface area contributed by atoms with Gasteiger partial charge in [-0.3, -0.25) is 9.59 Å². The van der Waals surface area contributed by atoms with Gasteiger partial charge in [0.2, 0.25) is 11.8 Å². The fourth-order valence-electron chi connectivity index (χ4n) is 4.99. The summed E-state index contributed by atoms with van der Waals surface area (Å²) in [6.45, 7) is 0.612. The summed E-state index contributed by atoms with van der Waals surface area (Å²) in [5.74, 6) is 1.21. The maximum atomic E-state index is 13.8. The number of carbonyl (C=O) groups excluding carboxylic acids is 2. The molecule has 4 rings (SSSR count). The summed E-state index contributed by atoms with van der Waals surface area (Å²) in [5, 5.41) is 4.08. The highest BCUT2D eigenvalue weighted by molar-refractivity contribution is 6.42. The number of halogens is 2. The predicted octanol–water partition coefficient (Wildman–Crippen LogP) is 6.86. The van der Waals surface area contributed by atoms with Crippen molar-refractivity contribution >= 4 is 35.0 Å². The molecule has 1 aliphatic carbocycles. The second kappa shape index (κ2) is 15.0. The summed E-state index contributed by atoms with van der Waals surface area (Å²) in [7, 11) is 1.62. The van der Waals surface area contributed by atoms with Crippen molar-refractivity contribution in [1.82, 2.24) is 10.2 Å². The van der Waals surface area contributed by atoms with E-state index in [0.29, 0.717) is 35.2 Å². The number of ether oxygens (including phenoxy) is 2. The van der Waals surface area contributed by atoms with Crippen LogP contribution in [0, 0.1) is 0 Å². The minimum absolute atomic E-state index is 0.119. The predicted molar refractivity (Wildman–Crippen MR) is 159 cm³/mol. The van der Waals surface area contributed by atoms with E-state index in [0.717, 1.165) is 42.6 Å². The van der Waals surface area contributed by atoms with E-state index in [-0.39, 0.29) is 30.8 Å². The first-order chi connectivity index (χ1) is 19.4. The molecule has 212 valence electrons. The third-order valence-electron chi connectivity index (χ3n) is 7.17. The molecule has 0 heterocycles. The van der Waals surface area contributed by atoms with Crippen molar-refractivity contribution < 1.29 is 19.1 Å². The first-order valence-corrected chi connectivity index (χ1v) is 14.5. The minimum Gasteiger partial charge on any atom is -0.497 e. The Hall–Kier alpha value is -3.22. The van der Waals surface area contributed by atoms with Crippen LogP contribution in [0.15, 0.2) is 72.8 Å². The molecule has 3 aromatic rings. The van der Waals surface area contributed by atoms with Crippen molar-refractivity contribution in [2.24, 2.45) is 0 Å². The van der Waals surface area contributed by atoms with Crippen LogP contribution in [0.4, 0.5) is 0 Å². The van der Waals surface area contributed by atoms with Crippen molar-refractivity contribution in [3.05, 3.63) is 94.0 Å². The summed E-state index contributed by atoms with van der Waals surface area (Å²) in [6, 6.07) is 21.9. The lowest BCUT2D eigenvalue weighted by Crippen LogP contribution is -2.52. The average Bonchev–Trinajstić information content (AvgIpc) is 3.48. The van der Waals surface area contributed by atoms with E-state index in [1.807, 2.05) is 60.7 Å². The zero-order valence-corrected chi connectivity index (χ0v) is 24.3. The normalized spacial score (nSPS) is 14.0. The van der Waals surface area contributed by atoms with Crippen LogP contribution in [0.3, 0.4) is 0 Å². The highest BCUT2D eigenvalue weighted by atomic mass is 35.5. The number of benzene rings is 3. The molecule has 40 heavy (non-hydrogen) atoms. The van der Waals surface area contributed by atoms with E-state index in [1.54, 1.807) is 24.1 Å². The van der Waals surface area contributed by atoms with Crippen molar-refractivity contribution in [2.75, 3.05) is 13.7 Å². The molecule has 1 aliphatic rings. The molecule has 8 heteroatoms. The van der Waals surface area contributed by atoms with Crippen LogP contribution in [-0.2, 0) is 22.6 Å². The molecule has 1 saturated carbocycles. The Kier molecular flexibility index (Phi) is 11.1. The number of hydrogen-bond acceptors (Lipinski definition) is 4. The van der Waals surface area contributed by atoms with Gasteiger partial charge in [-0.15, -0.1) is 0 Å². The van der Waals surface area contributed by atoms with Gasteiger partial charge >= 0.3 is 0 Å². The molecule has 0 spiro atoms. The lowest BCUT2D eigenvalue weighted by atomic mass is 10.0. The van der Waals surface area contributed by atoms with Gasteiger partial charge in [-0.25, -0.2) is 0 Å². The molecule has 1 N–H and O–H groups in total. The Morgan fingerprint density at radius 3 is 2.30 bits per heavy atom. The monoisotopic (exact) mass is 582 g/mol. The van der Waals surface area contributed by atoms with Gasteiger partial charge in [-0.05, 0) is 66.8 Å². The van der Waals surface area contributed by atoms with Gasteiger partial charge in [0.15, 0.2) is 0 Å². The highest BCUT2D eigenvalue weighted by Crippen LogP contribution is 2.25. The maximum absolute atomic E-state index is 13.8.